The van der Waals surface area contributed by atoms with Gasteiger partial charge in [-0.2, -0.15) is 5.26 Å². The summed E-state index contributed by atoms with van der Waals surface area (Å²) in [4.78, 5) is 12.5. The molecule has 3 rings (SSSR count). The number of halogens is 1. The molecule has 106 valence electrons. The molecule has 1 spiro atoms. The van der Waals surface area contributed by atoms with Gasteiger partial charge in [-0.3, -0.25) is 4.79 Å². The van der Waals surface area contributed by atoms with Gasteiger partial charge in [0.05, 0.1) is 5.56 Å². The zero-order valence-corrected chi connectivity index (χ0v) is 11.7. The Morgan fingerprint density at radius 2 is 2.19 bits per heavy atom. The van der Waals surface area contributed by atoms with E-state index in [1.54, 1.807) is 0 Å². The molecule has 1 unspecified atom stereocenters. The van der Waals surface area contributed by atoms with Crippen LogP contribution in [0, 0.1) is 17.1 Å². The lowest BCUT2D eigenvalue weighted by molar-refractivity contribution is -0.123. The molecule has 0 radical (unpaired) electrons. The molecule has 1 amide bonds. The molecule has 21 heavy (non-hydrogen) atoms. The molecule has 0 bridgehead atoms. The number of allylic oxidation sites excluding steroid dienone is 3. The van der Waals surface area contributed by atoms with E-state index in [0.717, 1.165) is 11.3 Å². The third-order valence-electron chi connectivity index (χ3n) is 4.06. The fourth-order valence-corrected chi connectivity index (χ4v) is 3.05. The SMILES string of the molecule is C/C=C1\C(=C/C)NC(=O)C12COc1cc(F)c(C#N)cc12. The summed E-state index contributed by atoms with van der Waals surface area (Å²) in [5.41, 5.74) is 0.982. The minimum Gasteiger partial charge on any atom is -0.491 e. The molecule has 4 nitrogen and oxygen atoms in total. The average Bonchev–Trinajstić information content (AvgIpc) is 2.98. The molecular formula is C16H13FN2O2. The first-order valence-corrected chi connectivity index (χ1v) is 6.60. The second-order valence-electron chi connectivity index (χ2n) is 4.99. The highest BCUT2D eigenvalue weighted by Crippen LogP contribution is 2.49. The zero-order chi connectivity index (χ0) is 15.2. The van der Waals surface area contributed by atoms with E-state index in [0.29, 0.717) is 11.3 Å². The van der Waals surface area contributed by atoms with E-state index in [9.17, 15) is 9.18 Å². The number of nitriles is 1. The van der Waals surface area contributed by atoms with E-state index in [2.05, 4.69) is 5.32 Å². The first-order valence-electron chi connectivity index (χ1n) is 6.60. The van der Waals surface area contributed by atoms with E-state index in [-0.39, 0.29) is 18.1 Å². The van der Waals surface area contributed by atoms with E-state index < -0.39 is 11.2 Å². The van der Waals surface area contributed by atoms with Gasteiger partial charge in [-0.15, -0.1) is 0 Å². The standard InChI is InChI=1S/C16H13FN2O2/c1-3-10-13(4-2)19-15(20)16(10)8-21-14-6-12(17)9(7-18)5-11(14)16/h3-6H,8H2,1-2H3,(H,19,20)/b10-3+,13-4+. The van der Waals surface area contributed by atoms with Gasteiger partial charge in [-0.05, 0) is 25.5 Å². The Labute approximate surface area is 121 Å². The summed E-state index contributed by atoms with van der Waals surface area (Å²) in [5.74, 6) is -0.531. The number of hydrogen-bond acceptors (Lipinski definition) is 3. The number of ether oxygens (including phenoxy) is 1. The minimum absolute atomic E-state index is 0.0872. The summed E-state index contributed by atoms with van der Waals surface area (Å²) in [6.07, 6.45) is 3.66. The third-order valence-corrected chi connectivity index (χ3v) is 4.06. The second-order valence-corrected chi connectivity index (χ2v) is 4.99. The molecule has 1 N–H and O–H groups in total. The van der Waals surface area contributed by atoms with Gasteiger partial charge in [-0.1, -0.05) is 12.2 Å². The quantitative estimate of drug-likeness (QED) is 0.795. The average molecular weight is 284 g/mol. The van der Waals surface area contributed by atoms with Crippen molar-refractivity contribution in [2.75, 3.05) is 6.61 Å². The number of hydrogen-bond donors (Lipinski definition) is 1. The molecule has 0 saturated carbocycles. The highest BCUT2D eigenvalue weighted by Gasteiger charge is 2.55. The van der Waals surface area contributed by atoms with Crippen molar-refractivity contribution in [3.05, 3.63) is 52.5 Å². The summed E-state index contributed by atoms with van der Waals surface area (Å²) in [6, 6.07) is 4.40. The van der Waals surface area contributed by atoms with Crippen LogP contribution in [0.15, 0.2) is 35.6 Å². The van der Waals surface area contributed by atoms with Crippen LogP contribution in [-0.2, 0) is 10.2 Å². The Kier molecular flexibility index (Phi) is 2.84. The largest absolute Gasteiger partial charge is 0.491 e. The lowest BCUT2D eigenvalue weighted by Gasteiger charge is -2.20. The first-order chi connectivity index (χ1) is 10.1. The van der Waals surface area contributed by atoms with Crippen LogP contribution in [0.4, 0.5) is 4.39 Å². The van der Waals surface area contributed by atoms with Crippen LogP contribution in [-0.4, -0.2) is 12.5 Å². The van der Waals surface area contributed by atoms with Crippen LogP contribution in [0.2, 0.25) is 0 Å². The summed E-state index contributed by atoms with van der Waals surface area (Å²) < 4.78 is 19.2. The smallest absolute Gasteiger partial charge is 0.243 e. The van der Waals surface area contributed by atoms with Crippen molar-refractivity contribution in [1.29, 1.82) is 5.26 Å². The number of fused-ring (bicyclic) bond motifs is 2. The molecule has 1 atom stereocenters. The number of benzene rings is 1. The van der Waals surface area contributed by atoms with E-state index in [1.807, 2.05) is 32.1 Å². The van der Waals surface area contributed by atoms with Gasteiger partial charge in [0.15, 0.2) is 0 Å². The number of carbonyl (C=O) groups is 1. The molecule has 2 aliphatic rings. The van der Waals surface area contributed by atoms with Crippen LogP contribution >= 0.6 is 0 Å². The number of carbonyl (C=O) groups excluding carboxylic acids is 1. The predicted molar refractivity (Wildman–Crippen MR) is 73.9 cm³/mol. The van der Waals surface area contributed by atoms with Gasteiger partial charge < -0.3 is 10.1 Å². The fourth-order valence-electron chi connectivity index (χ4n) is 3.05. The van der Waals surface area contributed by atoms with E-state index in [1.165, 1.54) is 12.1 Å². The zero-order valence-electron chi connectivity index (χ0n) is 11.7. The monoisotopic (exact) mass is 284 g/mol. The molecule has 0 aromatic heterocycles. The summed E-state index contributed by atoms with van der Waals surface area (Å²) in [6.45, 7) is 3.79. The normalized spacial score (nSPS) is 26.9. The van der Waals surface area contributed by atoms with Gasteiger partial charge in [0.25, 0.3) is 0 Å². The fraction of sp³-hybridized carbons (Fsp3) is 0.250. The number of amides is 1. The van der Waals surface area contributed by atoms with Gasteiger partial charge in [0.2, 0.25) is 5.91 Å². The summed E-state index contributed by atoms with van der Waals surface area (Å²) in [5, 5.41) is 11.8. The van der Waals surface area contributed by atoms with Gasteiger partial charge >= 0.3 is 0 Å². The van der Waals surface area contributed by atoms with Crippen molar-refractivity contribution < 1.29 is 13.9 Å². The molecule has 0 aliphatic carbocycles. The van der Waals surface area contributed by atoms with E-state index >= 15 is 0 Å². The third kappa shape index (κ3) is 1.56. The topological polar surface area (TPSA) is 62.1 Å². The lowest BCUT2D eigenvalue weighted by atomic mass is 9.76. The number of nitrogens with zero attached hydrogens (tertiary/aromatic N) is 1. The van der Waals surface area contributed by atoms with Crippen molar-refractivity contribution in [3.63, 3.8) is 0 Å². The molecular weight excluding hydrogens is 271 g/mol. The van der Waals surface area contributed by atoms with E-state index in [4.69, 9.17) is 10.00 Å². The van der Waals surface area contributed by atoms with Crippen molar-refractivity contribution in [2.24, 2.45) is 0 Å². The highest BCUT2D eigenvalue weighted by atomic mass is 19.1. The summed E-state index contributed by atoms with van der Waals surface area (Å²) >= 11 is 0. The predicted octanol–water partition coefficient (Wildman–Crippen LogP) is 2.31. The molecule has 2 heterocycles. The van der Waals surface area contributed by atoms with Crippen LogP contribution in [0.3, 0.4) is 0 Å². The van der Waals surface area contributed by atoms with Gasteiger partial charge in [0, 0.05) is 17.3 Å². The van der Waals surface area contributed by atoms with Crippen LogP contribution in [0.5, 0.6) is 5.75 Å². The molecule has 1 fully saturated rings. The maximum absolute atomic E-state index is 13.7. The molecule has 2 aliphatic heterocycles. The number of rotatable bonds is 0. The van der Waals surface area contributed by atoms with Crippen LogP contribution in [0.1, 0.15) is 25.0 Å². The molecule has 1 aromatic carbocycles. The molecule has 1 saturated heterocycles. The van der Waals surface area contributed by atoms with Crippen molar-refractivity contribution in [3.8, 4) is 11.8 Å². The van der Waals surface area contributed by atoms with Crippen molar-refractivity contribution in [1.82, 2.24) is 5.32 Å². The van der Waals surface area contributed by atoms with Crippen LogP contribution < -0.4 is 10.1 Å². The Bertz CT molecular complexity index is 758. The van der Waals surface area contributed by atoms with Gasteiger partial charge in [-0.25, -0.2) is 4.39 Å². The summed E-state index contributed by atoms with van der Waals surface area (Å²) in [7, 11) is 0. The Morgan fingerprint density at radius 1 is 1.43 bits per heavy atom. The molecule has 5 heteroatoms. The van der Waals surface area contributed by atoms with Gasteiger partial charge in [0.1, 0.15) is 29.7 Å². The Morgan fingerprint density at radius 3 is 2.81 bits per heavy atom. The van der Waals surface area contributed by atoms with Crippen LogP contribution in [0.25, 0.3) is 0 Å². The van der Waals surface area contributed by atoms with Crippen molar-refractivity contribution >= 4 is 5.91 Å². The first kappa shape index (κ1) is 13.4. The molecule has 1 aromatic rings. The Hall–Kier alpha value is -2.61. The second kappa shape index (κ2) is 4.45. The maximum Gasteiger partial charge on any atom is 0.243 e. The lowest BCUT2D eigenvalue weighted by Crippen LogP contribution is -2.38. The minimum atomic E-state index is -0.995. The van der Waals surface area contributed by atoms with Crippen molar-refractivity contribution in [2.45, 2.75) is 19.3 Å². The maximum atomic E-state index is 13.7. The Balaban J connectivity index is 2.29. The number of nitrogens with one attached hydrogen (secondary N) is 1. The highest BCUT2D eigenvalue weighted by molar-refractivity contribution is 6.00.